The van der Waals surface area contributed by atoms with E-state index < -0.39 is 0 Å². The average Bonchev–Trinajstić information content (AvgIpc) is 2.98. The molecule has 5 nitrogen and oxygen atoms in total. The molecule has 2 N–H and O–H groups in total. The summed E-state index contributed by atoms with van der Waals surface area (Å²) >= 11 is 0. The molecular formula is C15H16N4O. The molecule has 0 unspecified atom stereocenters. The number of hydrogen-bond acceptors (Lipinski definition) is 3. The largest absolute Gasteiger partial charge is 0.356 e. The van der Waals surface area contributed by atoms with Gasteiger partial charge in [0.25, 0.3) is 0 Å². The zero-order valence-corrected chi connectivity index (χ0v) is 11.4. The highest BCUT2D eigenvalue weighted by Gasteiger charge is 2.21. The second kappa shape index (κ2) is 4.10. The topological polar surface area (TPSA) is 59.0 Å². The van der Waals surface area contributed by atoms with Crippen molar-refractivity contribution in [3.05, 3.63) is 29.5 Å². The minimum Gasteiger partial charge on any atom is -0.356 e. The maximum atomic E-state index is 11.4. The smallest absolute Gasteiger partial charge is 0.228 e. The Morgan fingerprint density at radius 2 is 2.25 bits per heavy atom. The molecule has 0 bridgehead atoms. The van der Waals surface area contributed by atoms with E-state index in [1.54, 1.807) is 0 Å². The van der Waals surface area contributed by atoms with Gasteiger partial charge in [0, 0.05) is 30.0 Å². The number of amides is 1. The first-order valence-corrected chi connectivity index (χ1v) is 6.96. The molecule has 3 heterocycles. The van der Waals surface area contributed by atoms with Gasteiger partial charge in [-0.2, -0.15) is 0 Å². The maximum absolute atomic E-state index is 11.4. The Bertz CT molecular complexity index is 717. The van der Waals surface area contributed by atoms with Gasteiger partial charge >= 0.3 is 0 Å². The Kier molecular flexibility index (Phi) is 2.36. The fourth-order valence-corrected chi connectivity index (χ4v) is 3.03. The summed E-state index contributed by atoms with van der Waals surface area (Å²) in [5.41, 5.74) is 5.27. The van der Waals surface area contributed by atoms with Gasteiger partial charge in [-0.15, -0.1) is 0 Å². The molecular weight excluding hydrogens is 252 g/mol. The molecule has 5 heteroatoms. The number of anilines is 2. The standard InChI is InChI=1S/C15H16N4O/c1-9-14(18-15-16-5-2-6-19(9)15)10-3-4-12-11(7-10)8-13(20)17-12/h3-4,7H,2,5-6,8H2,1H3,(H,16,18)(H,17,20). The van der Waals surface area contributed by atoms with Crippen molar-refractivity contribution in [1.82, 2.24) is 9.55 Å². The van der Waals surface area contributed by atoms with Crippen molar-refractivity contribution in [3.8, 4) is 11.3 Å². The summed E-state index contributed by atoms with van der Waals surface area (Å²) in [7, 11) is 0. The van der Waals surface area contributed by atoms with Crippen LogP contribution in [0.3, 0.4) is 0 Å². The molecule has 1 amide bonds. The fourth-order valence-electron chi connectivity index (χ4n) is 3.03. The van der Waals surface area contributed by atoms with E-state index in [0.717, 1.165) is 48.0 Å². The third-order valence-electron chi connectivity index (χ3n) is 4.07. The summed E-state index contributed by atoms with van der Waals surface area (Å²) in [6.45, 7) is 4.11. The number of carbonyl (C=O) groups is 1. The summed E-state index contributed by atoms with van der Waals surface area (Å²) in [5.74, 6) is 1.03. The van der Waals surface area contributed by atoms with Crippen LogP contribution in [0.4, 0.5) is 11.6 Å². The van der Waals surface area contributed by atoms with Gasteiger partial charge in [0.05, 0.1) is 12.1 Å². The third kappa shape index (κ3) is 1.62. The van der Waals surface area contributed by atoms with E-state index in [4.69, 9.17) is 4.98 Å². The summed E-state index contributed by atoms with van der Waals surface area (Å²) < 4.78 is 2.23. The van der Waals surface area contributed by atoms with Gasteiger partial charge in [-0.3, -0.25) is 4.79 Å². The molecule has 0 spiro atoms. The first-order valence-electron chi connectivity index (χ1n) is 6.96. The number of hydrogen-bond donors (Lipinski definition) is 2. The Labute approximate surface area is 117 Å². The fraction of sp³-hybridized carbons (Fsp3) is 0.333. The van der Waals surface area contributed by atoms with Crippen molar-refractivity contribution in [2.45, 2.75) is 26.3 Å². The maximum Gasteiger partial charge on any atom is 0.228 e. The highest BCUT2D eigenvalue weighted by Crippen LogP contribution is 2.32. The first kappa shape index (κ1) is 11.5. The molecule has 4 rings (SSSR count). The van der Waals surface area contributed by atoms with Crippen LogP contribution in [0.15, 0.2) is 18.2 Å². The predicted molar refractivity (Wildman–Crippen MR) is 77.8 cm³/mol. The van der Waals surface area contributed by atoms with Gasteiger partial charge in [0.15, 0.2) is 0 Å². The molecule has 0 saturated carbocycles. The molecule has 2 aromatic rings. The number of rotatable bonds is 1. The van der Waals surface area contributed by atoms with Crippen molar-refractivity contribution in [1.29, 1.82) is 0 Å². The molecule has 1 aromatic carbocycles. The van der Waals surface area contributed by atoms with Crippen LogP contribution in [-0.4, -0.2) is 22.0 Å². The number of benzene rings is 1. The zero-order valence-electron chi connectivity index (χ0n) is 11.4. The monoisotopic (exact) mass is 268 g/mol. The Morgan fingerprint density at radius 3 is 3.10 bits per heavy atom. The highest BCUT2D eigenvalue weighted by molar-refractivity contribution is 5.99. The Morgan fingerprint density at radius 1 is 1.35 bits per heavy atom. The van der Waals surface area contributed by atoms with Crippen molar-refractivity contribution < 1.29 is 4.79 Å². The molecule has 2 aliphatic heterocycles. The van der Waals surface area contributed by atoms with Crippen molar-refractivity contribution in [2.24, 2.45) is 0 Å². The van der Waals surface area contributed by atoms with Crippen LogP contribution < -0.4 is 10.6 Å². The molecule has 2 aliphatic rings. The summed E-state index contributed by atoms with van der Waals surface area (Å²) in [5, 5.41) is 6.20. The number of fused-ring (bicyclic) bond motifs is 2. The van der Waals surface area contributed by atoms with E-state index in [-0.39, 0.29) is 5.91 Å². The normalized spacial score (nSPS) is 16.4. The second-order valence-electron chi connectivity index (χ2n) is 5.40. The molecule has 0 aliphatic carbocycles. The third-order valence-corrected chi connectivity index (χ3v) is 4.07. The van der Waals surface area contributed by atoms with Crippen LogP contribution >= 0.6 is 0 Å². The summed E-state index contributed by atoms with van der Waals surface area (Å²) in [6, 6.07) is 6.08. The summed E-state index contributed by atoms with van der Waals surface area (Å²) in [4.78, 5) is 16.1. The molecule has 0 saturated heterocycles. The van der Waals surface area contributed by atoms with E-state index in [1.165, 1.54) is 5.69 Å². The van der Waals surface area contributed by atoms with Gasteiger partial charge < -0.3 is 15.2 Å². The van der Waals surface area contributed by atoms with Gasteiger partial charge in [-0.1, -0.05) is 6.07 Å². The van der Waals surface area contributed by atoms with E-state index in [0.29, 0.717) is 6.42 Å². The van der Waals surface area contributed by atoms with E-state index in [9.17, 15) is 4.79 Å². The quantitative estimate of drug-likeness (QED) is 0.833. The molecule has 102 valence electrons. The lowest BCUT2D eigenvalue weighted by Gasteiger charge is -2.16. The van der Waals surface area contributed by atoms with E-state index in [2.05, 4.69) is 28.2 Å². The Hall–Kier alpha value is -2.30. The molecule has 1 aromatic heterocycles. The van der Waals surface area contributed by atoms with Crippen LogP contribution in [0.2, 0.25) is 0 Å². The van der Waals surface area contributed by atoms with Crippen LogP contribution in [0.1, 0.15) is 17.7 Å². The summed E-state index contributed by atoms with van der Waals surface area (Å²) in [6.07, 6.45) is 1.60. The van der Waals surface area contributed by atoms with Gasteiger partial charge in [-0.25, -0.2) is 4.98 Å². The van der Waals surface area contributed by atoms with Crippen LogP contribution in [-0.2, 0) is 17.8 Å². The van der Waals surface area contributed by atoms with Crippen LogP contribution in [0, 0.1) is 6.92 Å². The van der Waals surface area contributed by atoms with Crippen LogP contribution in [0.5, 0.6) is 0 Å². The van der Waals surface area contributed by atoms with Gasteiger partial charge in [0.2, 0.25) is 11.9 Å². The molecule has 0 radical (unpaired) electrons. The highest BCUT2D eigenvalue weighted by atomic mass is 16.1. The van der Waals surface area contributed by atoms with Crippen molar-refractivity contribution in [2.75, 3.05) is 17.2 Å². The lowest BCUT2D eigenvalue weighted by Crippen LogP contribution is -2.17. The number of nitrogens with one attached hydrogen (secondary N) is 2. The minimum atomic E-state index is 0.0691. The predicted octanol–water partition coefficient (Wildman–Crippen LogP) is 2.17. The van der Waals surface area contributed by atoms with Crippen molar-refractivity contribution >= 4 is 17.5 Å². The number of nitrogens with zero attached hydrogens (tertiary/aromatic N) is 2. The average molecular weight is 268 g/mol. The molecule has 0 atom stereocenters. The minimum absolute atomic E-state index is 0.0691. The SMILES string of the molecule is Cc1c(-c2ccc3c(c2)CC(=O)N3)nc2n1CCCN2. The van der Waals surface area contributed by atoms with E-state index >= 15 is 0 Å². The molecule has 20 heavy (non-hydrogen) atoms. The van der Waals surface area contributed by atoms with Crippen molar-refractivity contribution in [3.63, 3.8) is 0 Å². The number of aromatic nitrogens is 2. The lowest BCUT2D eigenvalue weighted by molar-refractivity contribution is -0.115. The lowest BCUT2D eigenvalue weighted by atomic mass is 10.0. The zero-order chi connectivity index (χ0) is 13.7. The van der Waals surface area contributed by atoms with Crippen LogP contribution in [0.25, 0.3) is 11.3 Å². The van der Waals surface area contributed by atoms with Gasteiger partial charge in [0.1, 0.15) is 0 Å². The number of imidazole rings is 1. The molecule has 0 fully saturated rings. The Balaban J connectivity index is 1.80. The second-order valence-corrected chi connectivity index (χ2v) is 5.40. The number of carbonyl (C=O) groups excluding carboxylic acids is 1. The van der Waals surface area contributed by atoms with Gasteiger partial charge in [-0.05, 0) is 31.0 Å². The van der Waals surface area contributed by atoms with E-state index in [1.807, 2.05) is 12.1 Å². The first-order chi connectivity index (χ1) is 9.72.